The third-order valence-corrected chi connectivity index (χ3v) is 10.7. The van der Waals surface area contributed by atoms with Crippen molar-refractivity contribution in [2.24, 2.45) is 0 Å². The van der Waals surface area contributed by atoms with Gasteiger partial charge < -0.3 is 41.2 Å². The lowest BCUT2D eigenvalue weighted by Gasteiger charge is -2.11. The van der Waals surface area contributed by atoms with Gasteiger partial charge in [-0.3, -0.25) is 0 Å². The molecule has 0 spiro atoms. The number of aromatic amines is 4. The first-order chi connectivity index (χ1) is 27.5. The molecule has 4 aromatic carbocycles. The van der Waals surface area contributed by atoms with Crippen molar-refractivity contribution >= 4 is 45.0 Å². The average Bonchev–Trinajstić information content (AvgIpc) is 4.09. The molecule has 1 aliphatic heterocycles. The summed E-state index contributed by atoms with van der Waals surface area (Å²) in [5, 5.41) is 17.4. The third kappa shape index (κ3) is 6.27. The van der Waals surface area contributed by atoms with Crippen LogP contribution in [0.4, 0.5) is 22.7 Å². The van der Waals surface area contributed by atoms with Gasteiger partial charge in [0.2, 0.25) is 0 Å². The number of anilines is 4. The molecule has 9 rings (SSSR count). The number of benzene rings is 4. The number of hydrogen-bond acceptors (Lipinski definition) is 4. The Balaban J connectivity index is 1.43. The topological polar surface area (TPSA) is 111 Å². The van der Waals surface area contributed by atoms with Crippen molar-refractivity contribution in [3.05, 3.63) is 212 Å². The molecular formula is C48H44N8. The molecule has 0 unspecified atom stereocenters. The van der Waals surface area contributed by atoms with Crippen molar-refractivity contribution in [1.82, 2.24) is 19.9 Å². The summed E-state index contributed by atoms with van der Waals surface area (Å²) in [7, 11) is 7.83. The van der Waals surface area contributed by atoms with Gasteiger partial charge in [-0.05, 0) is 119 Å². The number of nitrogens with one attached hydrogen (secondary N) is 8. The molecule has 0 atom stereocenters. The Hall–Kier alpha value is -7.32. The third-order valence-electron chi connectivity index (χ3n) is 10.7. The van der Waals surface area contributed by atoms with Gasteiger partial charge in [-0.15, -0.1) is 0 Å². The zero-order valence-corrected chi connectivity index (χ0v) is 31.9. The number of H-pyrrole nitrogens is 4. The Kier molecular flexibility index (Phi) is 8.91. The quantitative estimate of drug-likeness (QED) is 0.0917. The Morgan fingerprint density at radius 2 is 0.536 bits per heavy atom. The van der Waals surface area contributed by atoms with Crippen LogP contribution in [-0.2, 0) is 0 Å². The second-order valence-corrected chi connectivity index (χ2v) is 14.0. The predicted octanol–water partition coefficient (Wildman–Crippen LogP) is 6.47. The Bertz CT molecular complexity index is 2590. The van der Waals surface area contributed by atoms with Crippen LogP contribution in [0.1, 0.15) is 45.0 Å². The van der Waals surface area contributed by atoms with E-state index in [4.69, 9.17) is 0 Å². The highest BCUT2D eigenvalue weighted by molar-refractivity contribution is 5.86. The Labute approximate surface area is 325 Å². The number of aromatic nitrogens is 4. The molecule has 4 aromatic heterocycles. The first kappa shape index (κ1) is 34.4. The minimum absolute atomic E-state index is 1.000. The Morgan fingerprint density at radius 3 is 0.768 bits per heavy atom. The monoisotopic (exact) mass is 732 g/mol. The zero-order valence-electron chi connectivity index (χ0n) is 31.9. The highest BCUT2D eigenvalue weighted by atomic mass is 14.8. The van der Waals surface area contributed by atoms with Gasteiger partial charge in [0.05, 0.1) is 0 Å². The maximum atomic E-state index is 3.89. The maximum Gasteiger partial charge on any atom is 0.0485 e. The van der Waals surface area contributed by atoms with Gasteiger partial charge in [0.25, 0.3) is 0 Å². The fraction of sp³-hybridized carbons (Fsp3) is 0.0833. The van der Waals surface area contributed by atoms with Gasteiger partial charge in [0.1, 0.15) is 0 Å². The summed E-state index contributed by atoms with van der Waals surface area (Å²) in [6, 6.07) is 51.8. The van der Waals surface area contributed by atoms with Crippen molar-refractivity contribution in [2.75, 3.05) is 49.5 Å². The minimum Gasteiger partial charge on any atom is -0.388 e. The van der Waals surface area contributed by atoms with E-state index in [0.29, 0.717) is 0 Å². The summed E-state index contributed by atoms with van der Waals surface area (Å²) in [5.74, 6) is 0. The van der Waals surface area contributed by atoms with Crippen molar-refractivity contribution in [3.63, 3.8) is 0 Å². The van der Waals surface area contributed by atoms with Crippen molar-refractivity contribution in [2.45, 2.75) is 0 Å². The summed E-state index contributed by atoms with van der Waals surface area (Å²) < 4.78 is 0. The van der Waals surface area contributed by atoms with Gasteiger partial charge in [-0.2, -0.15) is 0 Å². The largest absolute Gasteiger partial charge is 0.388 e. The van der Waals surface area contributed by atoms with E-state index < -0.39 is 0 Å². The first-order valence-electron chi connectivity index (χ1n) is 18.9. The van der Waals surface area contributed by atoms with E-state index in [2.05, 4.69) is 187 Å². The number of rotatable bonds is 8. The molecule has 8 bridgehead atoms. The van der Waals surface area contributed by atoms with E-state index in [1.807, 2.05) is 28.2 Å². The molecule has 8 heteroatoms. The molecule has 1 aliphatic rings. The van der Waals surface area contributed by atoms with Gasteiger partial charge in [-0.1, -0.05) is 48.5 Å². The fourth-order valence-corrected chi connectivity index (χ4v) is 7.89. The average molecular weight is 733 g/mol. The molecule has 0 saturated heterocycles. The standard InChI is InChI=1S/C48H44N8/c1-49-33-13-5-9-29(25-33)45-37-17-19-39(53-37)46(30-10-6-14-34(26-30)50-2)41-21-23-43(55-41)48(32-12-8-16-36(28-32)52-4)44-24-22-42(56-44)47(40-20-18-38(45)54-40)31-11-7-15-35(27-31)51-3/h5-28,49-56H,1-4H3. The SMILES string of the molecule is CNc1cccc(C2=c3ccc([nH]3)=C(c3cccc(NC)c3)c3ccc([nH]3)C(c3cccc(NC)c3)=c3ccc([nH]3)=C(c3cccc(NC)c3)c3ccc2[nH]3)c1. The lowest BCUT2D eigenvalue weighted by Crippen LogP contribution is -2.19. The molecule has 276 valence electrons. The van der Waals surface area contributed by atoms with E-state index in [9.17, 15) is 0 Å². The van der Waals surface area contributed by atoms with E-state index in [-0.39, 0.29) is 0 Å². The smallest absolute Gasteiger partial charge is 0.0485 e. The van der Waals surface area contributed by atoms with Crippen molar-refractivity contribution < 1.29 is 0 Å². The summed E-state index contributed by atoms with van der Waals surface area (Å²) in [5.41, 5.74) is 16.8. The van der Waals surface area contributed by atoms with Crippen LogP contribution in [0.15, 0.2) is 146 Å². The zero-order chi connectivity index (χ0) is 38.2. The van der Waals surface area contributed by atoms with Crippen molar-refractivity contribution in [3.8, 4) is 0 Å². The van der Waals surface area contributed by atoms with Gasteiger partial charge in [0, 0.05) is 117 Å². The number of hydrogen-bond donors (Lipinski definition) is 8. The molecular weight excluding hydrogens is 689 g/mol. The van der Waals surface area contributed by atoms with E-state index in [1.165, 1.54) is 0 Å². The molecule has 8 N–H and O–H groups in total. The molecule has 8 aromatic rings. The van der Waals surface area contributed by atoms with Crippen LogP contribution >= 0.6 is 0 Å². The van der Waals surface area contributed by atoms with Crippen LogP contribution in [0.5, 0.6) is 0 Å². The van der Waals surface area contributed by atoms with Crippen LogP contribution < -0.4 is 42.7 Å². The number of fused-ring (bicyclic) bond motifs is 8. The normalized spacial score (nSPS) is 12.5. The first-order valence-corrected chi connectivity index (χ1v) is 18.9. The second-order valence-electron chi connectivity index (χ2n) is 14.0. The van der Waals surface area contributed by atoms with Crippen LogP contribution in [0.2, 0.25) is 0 Å². The second kappa shape index (κ2) is 14.5. The Morgan fingerprint density at radius 1 is 0.286 bits per heavy atom. The molecule has 0 amide bonds. The fourth-order valence-electron chi connectivity index (χ4n) is 7.89. The molecule has 0 saturated carbocycles. The predicted molar refractivity (Wildman–Crippen MR) is 232 cm³/mol. The molecule has 8 nitrogen and oxygen atoms in total. The van der Waals surface area contributed by atoms with Crippen LogP contribution in [-0.4, -0.2) is 48.1 Å². The summed E-state index contributed by atoms with van der Waals surface area (Å²) in [4.78, 5) is 15.6. The highest BCUT2D eigenvalue weighted by Crippen LogP contribution is 2.30. The summed E-state index contributed by atoms with van der Waals surface area (Å²) in [6.45, 7) is 0. The molecule has 0 fully saturated rings. The molecule has 0 aliphatic carbocycles. The lowest BCUT2D eigenvalue weighted by atomic mass is 10.0. The van der Waals surface area contributed by atoms with Gasteiger partial charge >= 0.3 is 0 Å². The maximum absolute atomic E-state index is 3.89. The van der Waals surface area contributed by atoms with E-state index in [1.54, 1.807) is 0 Å². The lowest BCUT2D eigenvalue weighted by molar-refractivity contribution is 1.19. The molecule has 0 radical (unpaired) electrons. The summed E-state index contributed by atoms with van der Waals surface area (Å²) in [6.07, 6.45) is 0. The highest BCUT2D eigenvalue weighted by Gasteiger charge is 2.19. The van der Waals surface area contributed by atoms with Crippen LogP contribution in [0.25, 0.3) is 22.3 Å². The van der Waals surface area contributed by atoms with E-state index >= 15 is 0 Å². The van der Waals surface area contributed by atoms with E-state index in [0.717, 1.165) is 111 Å². The van der Waals surface area contributed by atoms with Crippen LogP contribution in [0, 0.1) is 0 Å². The van der Waals surface area contributed by atoms with Crippen LogP contribution in [0.3, 0.4) is 0 Å². The molecule has 5 heterocycles. The molecule has 56 heavy (non-hydrogen) atoms. The summed E-state index contributed by atoms with van der Waals surface area (Å²) >= 11 is 0. The van der Waals surface area contributed by atoms with Gasteiger partial charge in [-0.25, -0.2) is 0 Å². The minimum atomic E-state index is 1.000. The van der Waals surface area contributed by atoms with Gasteiger partial charge in [0.15, 0.2) is 0 Å². The van der Waals surface area contributed by atoms with Crippen molar-refractivity contribution in [1.29, 1.82) is 0 Å².